The van der Waals surface area contributed by atoms with E-state index in [1.165, 1.54) is 16.7 Å². The maximum atomic E-state index is 13.4. The van der Waals surface area contributed by atoms with Crippen molar-refractivity contribution in [3.05, 3.63) is 69.5 Å². The Hall–Kier alpha value is -1.34. The molecule has 20 heavy (non-hydrogen) atoms. The zero-order valence-electron chi connectivity index (χ0n) is 12.4. The van der Waals surface area contributed by atoms with Crippen LogP contribution in [0.1, 0.15) is 38.8 Å². The molecule has 2 rings (SSSR count). The standard InChI is InChI=1S/C18H20ClF/c1-11-5-6-15(7-12(11)2)10-17(19)18-13(3)8-16(20)9-14(18)4/h5-9,17H,10H2,1-4H3. The summed E-state index contributed by atoms with van der Waals surface area (Å²) in [6.07, 6.45) is 0.760. The molecule has 2 aromatic rings. The van der Waals surface area contributed by atoms with Gasteiger partial charge in [-0.25, -0.2) is 4.39 Å². The first-order valence-corrected chi connectivity index (χ1v) is 7.29. The molecule has 0 nitrogen and oxygen atoms in total. The van der Waals surface area contributed by atoms with E-state index < -0.39 is 0 Å². The molecule has 2 aromatic carbocycles. The van der Waals surface area contributed by atoms with Crippen LogP contribution in [0.2, 0.25) is 0 Å². The van der Waals surface area contributed by atoms with Gasteiger partial charge in [0.1, 0.15) is 5.82 Å². The molecule has 0 fully saturated rings. The van der Waals surface area contributed by atoms with Crippen molar-refractivity contribution in [1.29, 1.82) is 0 Å². The summed E-state index contributed by atoms with van der Waals surface area (Å²) in [6.45, 7) is 8.05. The summed E-state index contributed by atoms with van der Waals surface area (Å²) in [5.41, 5.74) is 6.67. The highest BCUT2D eigenvalue weighted by Gasteiger charge is 2.15. The van der Waals surface area contributed by atoms with Gasteiger partial charge in [0, 0.05) is 0 Å². The van der Waals surface area contributed by atoms with Crippen molar-refractivity contribution < 1.29 is 4.39 Å². The van der Waals surface area contributed by atoms with Gasteiger partial charge in [0.2, 0.25) is 0 Å². The molecule has 0 aliphatic carbocycles. The van der Waals surface area contributed by atoms with E-state index in [0.717, 1.165) is 23.1 Å². The van der Waals surface area contributed by atoms with Gasteiger partial charge in [-0.3, -0.25) is 0 Å². The zero-order chi connectivity index (χ0) is 14.9. The van der Waals surface area contributed by atoms with E-state index in [-0.39, 0.29) is 11.2 Å². The van der Waals surface area contributed by atoms with E-state index in [0.29, 0.717) is 0 Å². The lowest BCUT2D eigenvalue weighted by atomic mass is 9.94. The molecule has 0 heterocycles. The molecule has 106 valence electrons. The van der Waals surface area contributed by atoms with E-state index in [2.05, 4.69) is 32.0 Å². The van der Waals surface area contributed by atoms with Gasteiger partial charge in [0.05, 0.1) is 5.38 Å². The van der Waals surface area contributed by atoms with Gasteiger partial charge in [-0.15, -0.1) is 11.6 Å². The monoisotopic (exact) mass is 290 g/mol. The average molecular weight is 291 g/mol. The predicted molar refractivity (Wildman–Crippen MR) is 84.1 cm³/mol. The fraction of sp³-hybridized carbons (Fsp3) is 0.333. The topological polar surface area (TPSA) is 0 Å². The predicted octanol–water partition coefficient (Wildman–Crippen LogP) is 5.58. The number of hydrogen-bond donors (Lipinski definition) is 0. The van der Waals surface area contributed by atoms with Gasteiger partial charge < -0.3 is 0 Å². The summed E-state index contributed by atoms with van der Waals surface area (Å²) < 4.78 is 13.4. The van der Waals surface area contributed by atoms with Crippen molar-refractivity contribution in [2.24, 2.45) is 0 Å². The van der Waals surface area contributed by atoms with Crippen molar-refractivity contribution in [1.82, 2.24) is 0 Å². The maximum absolute atomic E-state index is 13.4. The summed E-state index contributed by atoms with van der Waals surface area (Å²) >= 11 is 6.57. The van der Waals surface area contributed by atoms with Crippen molar-refractivity contribution in [2.45, 2.75) is 39.5 Å². The van der Waals surface area contributed by atoms with Crippen LogP contribution in [0.15, 0.2) is 30.3 Å². The quantitative estimate of drug-likeness (QED) is 0.647. The highest BCUT2D eigenvalue weighted by Crippen LogP contribution is 2.31. The molecule has 0 saturated heterocycles. The van der Waals surface area contributed by atoms with Crippen LogP contribution in [-0.2, 0) is 6.42 Å². The second-order valence-electron chi connectivity index (χ2n) is 5.54. The molecule has 0 aromatic heterocycles. The largest absolute Gasteiger partial charge is 0.207 e. The number of rotatable bonds is 3. The smallest absolute Gasteiger partial charge is 0.123 e. The summed E-state index contributed by atoms with van der Waals surface area (Å²) in [5, 5.41) is -0.127. The van der Waals surface area contributed by atoms with Crippen LogP contribution in [0, 0.1) is 33.5 Å². The number of alkyl halides is 1. The van der Waals surface area contributed by atoms with Gasteiger partial charge >= 0.3 is 0 Å². The van der Waals surface area contributed by atoms with E-state index in [1.807, 2.05) is 13.8 Å². The maximum Gasteiger partial charge on any atom is 0.123 e. The number of hydrogen-bond acceptors (Lipinski definition) is 0. The third-order valence-corrected chi connectivity index (χ3v) is 4.23. The first-order valence-electron chi connectivity index (χ1n) is 6.85. The highest BCUT2D eigenvalue weighted by atomic mass is 35.5. The minimum Gasteiger partial charge on any atom is -0.207 e. The molecule has 0 aliphatic rings. The van der Waals surface area contributed by atoms with Crippen LogP contribution in [0.3, 0.4) is 0 Å². The molecule has 0 bridgehead atoms. The van der Waals surface area contributed by atoms with Gasteiger partial charge in [-0.05, 0) is 79.6 Å². The number of benzene rings is 2. The normalized spacial score (nSPS) is 12.5. The Labute approximate surface area is 125 Å². The van der Waals surface area contributed by atoms with Gasteiger partial charge in [0.25, 0.3) is 0 Å². The lowest BCUT2D eigenvalue weighted by Gasteiger charge is -2.17. The van der Waals surface area contributed by atoms with Gasteiger partial charge in [-0.1, -0.05) is 18.2 Å². The molecule has 0 radical (unpaired) electrons. The average Bonchev–Trinajstić information content (AvgIpc) is 2.32. The lowest BCUT2D eigenvalue weighted by Crippen LogP contribution is -2.02. The minimum absolute atomic E-state index is 0.127. The fourth-order valence-electron chi connectivity index (χ4n) is 2.66. The molecule has 0 aliphatic heterocycles. The Kier molecular flexibility index (Phi) is 4.49. The Bertz CT molecular complexity index is 608. The Balaban J connectivity index is 2.28. The van der Waals surface area contributed by atoms with Crippen molar-refractivity contribution in [3.8, 4) is 0 Å². The highest BCUT2D eigenvalue weighted by molar-refractivity contribution is 6.21. The van der Waals surface area contributed by atoms with E-state index >= 15 is 0 Å². The van der Waals surface area contributed by atoms with Crippen LogP contribution < -0.4 is 0 Å². The minimum atomic E-state index is -0.196. The van der Waals surface area contributed by atoms with Crippen molar-refractivity contribution in [3.63, 3.8) is 0 Å². The summed E-state index contributed by atoms with van der Waals surface area (Å²) in [4.78, 5) is 0. The van der Waals surface area contributed by atoms with Crippen LogP contribution in [0.5, 0.6) is 0 Å². The Morgan fingerprint density at radius 2 is 1.50 bits per heavy atom. The van der Waals surface area contributed by atoms with E-state index in [1.54, 1.807) is 12.1 Å². The van der Waals surface area contributed by atoms with E-state index in [4.69, 9.17) is 11.6 Å². The van der Waals surface area contributed by atoms with Gasteiger partial charge in [-0.2, -0.15) is 0 Å². The second-order valence-corrected chi connectivity index (χ2v) is 6.07. The second kappa shape index (κ2) is 5.97. The third-order valence-electron chi connectivity index (χ3n) is 3.86. The number of aryl methyl sites for hydroxylation is 4. The first kappa shape index (κ1) is 15.1. The van der Waals surface area contributed by atoms with Crippen LogP contribution in [-0.4, -0.2) is 0 Å². The van der Waals surface area contributed by atoms with Crippen molar-refractivity contribution in [2.75, 3.05) is 0 Å². The fourth-order valence-corrected chi connectivity index (χ4v) is 3.18. The molecule has 1 atom stereocenters. The zero-order valence-corrected chi connectivity index (χ0v) is 13.2. The van der Waals surface area contributed by atoms with Gasteiger partial charge in [0.15, 0.2) is 0 Å². The molecular formula is C18H20ClF. The summed E-state index contributed by atoms with van der Waals surface area (Å²) in [7, 11) is 0. The molecule has 2 heteroatoms. The lowest BCUT2D eigenvalue weighted by molar-refractivity contribution is 0.623. The van der Waals surface area contributed by atoms with Crippen molar-refractivity contribution >= 4 is 11.6 Å². The molecule has 1 unspecified atom stereocenters. The molecule has 0 amide bonds. The summed E-state index contributed by atoms with van der Waals surface area (Å²) in [6, 6.07) is 9.53. The molecule has 0 spiro atoms. The summed E-state index contributed by atoms with van der Waals surface area (Å²) in [5.74, 6) is -0.196. The van der Waals surface area contributed by atoms with Crippen LogP contribution in [0.25, 0.3) is 0 Å². The first-order chi connectivity index (χ1) is 9.38. The molecule has 0 saturated carbocycles. The van der Waals surface area contributed by atoms with E-state index in [9.17, 15) is 4.39 Å². The SMILES string of the molecule is Cc1ccc(CC(Cl)c2c(C)cc(F)cc2C)cc1C. The molecule has 0 N–H and O–H groups in total. The number of halogens is 2. The Morgan fingerprint density at radius 1 is 0.900 bits per heavy atom. The third kappa shape index (κ3) is 3.21. The van der Waals surface area contributed by atoms with Crippen LogP contribution in [0.4, 0.5) is 4.39 Å². The Morgan fingerprint density at radius 3 is 2.05 bits per heavy atom. The molecular weight excluding hydrogens is 271 g/mol. The van der Waals surface area contributed by atoms with Crippen LogP contribution >= 0.6 is 11.6 Å².